The Hall–Kier alpha value is -0.560. The summed E-state index contributed by atoms with van der Waals surface area (Å²) in [7, 11) is 1.70. The second-order valence-electron chi connectivity index (χ2n) is 4.38. The lowest BCUT2D eigenvalue weighted by Gasteiger charge is -2.23. The molecule has 1 atom stereocenters. The van der Waals surface area contributed by atoms with Crippen molar-refractivity contribution in [2.75, 3.05) is 33.4 Å². The van der Waals surface area contributed by atoms with Crippen LogP contribution in [0.2, 0.25) is 0 Å². The molecule has 1 fully saturated rings. The Morgan fingerprint density at radius 1 is 1.60 bits per heavy atom. The highest BCUT2D eigenvalue weighted by atomic mass is 16.5. The third kappa shape index (κ3) is 5.78. The van der Waals surface area contributed by atoms with Crippen molar-refractivity contribution >= 4 is 0 Å². The fourth-order valence-corrected chi connectivity index (χ4v) is 1.69. The third-order valence-electron chi connectivity index (χ3n) is 2.71. The Morgan fingerprint density at radius 2 is 2.33 bits per heavy atom. The maximum absolute atomic E-state index is 6.00. The van der Waals surface area contributed by atoms with Crippen LogP contribution in [-0.4, -0.2) is 44.3 Å². The molecular weight excluding hydrogens is 188 g/mol. The van der Waals surface area contributed by atoms with Crippen molar-refractivity contribution < 1.29 is 4.74 Å². The summed E-state index contributed by atoms with van der Waals surface area (Å²) in [5, 5.41) is 0. The number of terminal acetylenes is 1. The number of nitrogens with zero attached hydrogens (tertiary/aromatic N) is 1. The van der Waals surface area contributed by atoms with E-state index in [0.29, 0.717) is 0 Å². The first-order valence-corrected chi connectivity index (χ1v) is 5.66. The van der Waals surface area contributed by atoms with Crippen LogP contribution >= 0.6 is 0 Å². The average molecular weight is 210 g/mol. The summed E-state index contributed by atoms with van der Waals surface area (Å²) in [6, 6.07) is 0.178. The monoisotopic (exact) mass is 210 g/mol. The van der Waals surface area contributed by atoms with E-state index in [1.54, 1.807) is 7.11 Å². The van der Waals surface area contributed by atoms with Crippen molar-refractivity contribution in [1.29, 1.82) is 0 Å². The number of ether oxygens (including phenoxy) is 1. The number of methoxy groups -OCH3 is 1. The highest BCUT2D eigenvalue weighted by Crippen LogP contribution is 2.29. The zero-order chi connectivity index (χ0) is 11.1. The largest absolute Gasteiger partial charge is 0.385 e. The lowest BCUT2D eigenvalue weighted by Crippen LogP contribution is -2.39. The summed E-state index contributed by atoms with van der Waals surface area (Å²) in [5.41, 5.74) is 6.00. The van der Waals surface area contributed by atoms with Gasteiger partial charge in [0, 0.05) is 32.8 Å². The standard InChI is InChI=1S/C12H22N2O/c1-3-7-14(9-11-4-5-11)10-12(13)6-8-15-2/h1,11-12H,4-10,13H2,2H3. The van der Waals surface area contributed by atoms with Gasteiger partial charge in [-0.3, -0.25) is 4.90 Å². The molecule has 1 aliphatic rings. The minimum atomic E-state index is 0.178. The molecule has 1 saturated carbocycles. The van der Waals surface area contributed by atoms with Crippen LogP contribution in [0.5, 0.6) is 0 Å². The highest BCUT2D eigenvalue weighted by molar-refractivity contribution is 4.91. The van der Waals surface area contributed by atoms with Gasteiger partial charge in [0.2, 0.25) is 0 Å². The topological polar surface area (TPSA) is 38.5 Å². The fourth-order valence-electron chi connectivity index (χ4n) is 1.69. The Balaban J connectivity index is 2.19. The van der Waals surface area contributed by atoms with E-state index in [9.17, 15) is 0 Å². The van der Waals surface area contributed by atoms with Crippen LogP contribution in [0.1, 0.15) is 19.3 Å². The predicted molar refractivity (Wildman–Crippen MR) is 62.5 cm³/mol. The van der Waals surface area contributed by atoms with Gasteiger partial charge in [0.15, 0.2) is 0 Å². The SMILES string of the molecule is C#CCN(CC(N)CCOC)CC1CC1. The molecular formula is C12H22N2O. The quantitative estimate of drug-likeness (QED) is 0.599. The highest BCUT2D eigenvalue weighted by Gasteiger charge is 2.24. The molecule has 0 amide bonds. The summed E-state index contributed by atoms with van der Waals surface area (Å²) in [4.78, 5) is 2.29. The summed E-state index contributed by atoms with van der Waals surface area (Å²) in [6.07, 6.45) is 8.96. The van der Waals surface area contributed by atoms with E-state index in [-0.39, 0.29) is 6.04 Å². The molecule has 0 spiro atoms. The molecule has 3 nitrogen and oxygen atoms in total. The first-order valence-electron chi connectivity index (χ1n) is 5.66. The maximum Gasteiger partial charge on any atom is 0.0599 e. The van der Waals surface area contributed by atoms with Gasteiger partial charge in [0.25, 0.3) is 0 Å². The van der Waals surface area contributed by atoms with Gasteiger partial charge in [-0.1, -0.05) is 5.92 Å². The van der Waals surface area contributed by atoms with Crippen LogP contribution in [0.4, 0.5) is 0 Å². The molecule has 86 valence electrons. The minimum absolute atomic E-state index is 0.178. The zero-order valence-electron chi connectivity index (χ0n) is 9.61. The van der Waals surface area contributed by atoms with Crippen molar-refractivity contribution in [3.05, 3.63) is 0 Å². The van der Waals surface area contributed by atoms with E-state index in [1.807, 2.05) is 0 Å². The Bertz CT molecular complexity index is 208. The van der Waals surface area contributed by atoms with Gasteiger partial charge in [0.05, 0.1) is 6.54 Å². The van der Waals surface area contributed by atoms with Gasteiger partial charge >= 0.3 is 0 Å². The van der Waals surface area contributed by atoms with Gasteiger partial charge in [-0.15, -0.1) is 6.42 Å². The second kappa shape index (κ2) is 6.84. The van der Waals surface area contributed by atoms with Crippen LogP contribution in [-0.2, 0) is 4.74 Å². The summed E-state index contributed by atoms with van der Waals surface area (Å²) < 4.78 is 5.01. The Kier molecular flexibility index (Phi) is 5.70. The van der Waals surface area contributed by atoms with Gasteiger partial charge in [-0.25, -0.2) is 0 Å². The van der Waals surface area contributed by atoms with Crippen LogP contribution in [0.25, 0.3) is 0 Å². The fraction of sp³-hybridized carbons (Fsp3) is 0.833. The Morgan fingerprint density at radius 3 is 2.87 bits per heavy atom. The van der Waals surface area contributed by atoms with Crippen molar-refractivity contribution in [3.63, 3.8) is 0 Å². The van der Waals surface area contributed by atoms with Gasteiger partial charge in [0.1, 0.15) is 0 Å². The van der Waals surface area contributed by atoms with Crippen LogP contribution in [0.3, 0.4) is 0 Å². The van der Waals surface area contributed by atoms with Crippen LogP contribution in [0.15, 0.2) is 0 Å². The number of hydrogen-bond acceptors (Lipinski definition) is 3. The van der Waals surface area contributed by atoms with Crippen LogP contribution < -0.4 is 5.73 Å². The lowest BCUT2D eigenvalue weighted by molar-refractivity contribution is 0.177. The van der Waals surface area contributed by atoms with Gasteiger partial charge < -0.3 is 10.5 Å². The molecule has 1 unspecified atom stereocenters. The maximum atomic E-state index is 6.00. The van der Waals surface area contributed by atoms with E-state index in [1.165, 1.54) is 12.8 Å². The number of rotatable bonds is 8. The second-order valence-corrected chi connectivity index (χ2v) is 4.38. The van der Waals surface area contributed by atoms with Crippen molar-refractivity contribution in [3.8, 4) is 12.3 Å². The molecule has 0 bridgehead atoms. The van der Waals surface area contributed by atoms with E-state index in [4.69, 9.17) is 16.9 Å². The first-order chi connectivity index (χ1) is 7.26. The molecule has 0 aromatic heterocycles. The molecule has 3 heteroatoms. The molecule has 0 aromatic rings. The number of nitrogens with two attached hydrogens (primary N) is 1. The first kappa shape index (κ1) is 12.5. The van der Waals surface area contributed by atoms with E-state index < -0.39 is 0 Å². The van der Waals surface area contributed by atoms with Crippen molar-refractivity contribution in [1.82, 2.24) is 4.90 Å². The molecule has 0 heterocycles. The predicted octanol–water partition coefficient (Wildman–Crippen LogP) is 0.695. The summed E-state index contributed by atoms with van der Waals surface area (Å²) >= 11 is 0. The van der Waals surface area contributed by atoms with Crippen LogP contribution in [0, 0.1) is 18.3 Å². The molecule has 0 aliphatic heterocycles. The minimum Gasteiger partial charge on any atom is -0.385 e. The Labute approximate surface area is 93.0 Å². The van der Waals surface area contributed by atoms with Crippen molar-refractivity contribution in [2.45, 2.75) is 25.3 Å². The number of hydrogen-bond donors (Lipinski definition) is 1. The molecule has 2 N–H and O–H groups in total. The van der Waals surface area contributed by atoms with E-state index >= 15 is 0 Å². The van der Waals surface area contributed by atoms with Crippen molar-refractivity contribution in [2.24, 2.45) is 11.7 Å². The van der Waals surface area contributed by atoms with E-state index in [2.05, 4.69) is 10.8 Å². The molecule has 0 aromatic carbocycles. The molecule has 15 heavy (non-hydrogen) atoms. The third-order valence-corrected chi connectivity index (χ3v) is 2.71. The molecule has 1 rings (SSSR count). The molecule has 1 aliphatic carbocycles. The lowest BCUT2D eigenvalue weighted by atomic mass is 10.2. The summed E-state index contributed by atoms with van der Waals surface area (Å²) in [6.45, 7) is 3.46. The molecule has 0 saturated heterocycles. The average Bonchev–Trinajstić information content (AvgIpc) is 2.99. The van der Waals surface area contributed by atoms with Gasteiger partial charge in [-0.05, 0) is 25.2 Å². The normalized spacial score (nSPS) is 17.7. The summed E-state index contributed by atoms with van der Waals surface area (Å²) in [5.74, 6) is 3.57. The molecule has 0 radical (unpaired) electrons. The van der Waals surface area contributed by atoms with E-state index in [0.717, 1.165) is 38.6 Å². The zero-order valence-corrected chi connectivity index (χ0v) is 9.61. The smallest absolute Gasteiger partial charge is 0.0599 e. The van der Waals surface area contributed by atoms with Gasteiger partial charge in [-0.2, -0.15) is 0 Å².